The normalized spacial score (nSPS) is 15.9. The van der Waals surface area contributed by atoms with Gasteiger partial charge in [0.05, 0.1) is 12.3 Å². The molecule has 8 heteroatoms. The number of anilines is 2. The molecule has 4 rings (SSSR count). The number of thioether (sulfide) groups is 1. The summed E-state index contributed by atoms with van der Waals surface area (Å²) in [6.07, 6.45) is 6.69. The van der Waals surface area contributed by atoms with E-state index in [4.69, 9.17) is 9.72 Å². The Hall–Kier alpha value is -2.84. The number of hydrogen-bond acceptors (Lipinski definition) is 8. The molecule has 0 radical (unpaired) electrons. The third-order valence-electron chi connectivity index (χ3n) is 7.00. The zero-order chi connectivity index (χ0) is 25.4. The molecule has 192 valence electrons. The molecular formula is C28H38N6OS. The van der Waals surface area contributed by atoms with Crippen molar-refractivity contribution in [1.82, 2.24) is 19.9 Å². The van der Waals surface area contributed by atoms with Crippen LogP contribution < -0.4 is 15.0 Å². The summed E-state index contributed by atoms with van der Waals surface area (Å²) < 4.78 is 6.00. The largest absolute Gasteiger partial charge is 0.494 e. The van der Waals surface area contributed by atoms with Gasteiger partial charge in [0.25, 0.3) is 0 Å². The van der Waals surface area contributed by atoms with Crippen molar-refractivity contribution in [2.75, 3.05) is 68.6 Å². The number of rotatable bonds is 11. The van der Waals surface area contributed by atoms with Crippen molar-refractivity contribution in [2.45, 2.75) is 25.7 Å². The summed E-state index contributed by atoms with van der Waals surface area (Å²) in [6.45, 7) is 9.83. The number of piperazine rings is 1. The van der Waals surface area contributed by atoms with Gasteiger partial charge in [-0.1, -0.05) is 25.1 Å². The summed E-state index contributed by atoms with van der Waals surface area (Å²) >= 11 is 1.86. The van der Waals surface area contributed by atoms with Crippen LogP contribution in [0.15, 0.2) is 55.0 Å². The van der Waals surface area contributed by atoms with E-state index >= 15 is 0 Å². The lowest BCUT2D eigenvalue weighted by Crippen LogP contribution is -2.44. The molecule has 1 saturated heterocycles. The number of nitrogens with one attached hydrogen (secondary N) is 1. The Labute approximate surface area is 219 Å². The summed E-state index contributed by atoms with van der Waals surface area (Å²) in [5.41, 5.74) is 3.02. The first-order valence-electron chi connectivity index (χ1n) is 12.8. The molecule has 7 nitrogen and oxygen atoms in total. The maximum atomic E-state index is 6.00. The minimum absolute atomic E-state index is 0.0813. The number of ether oxygens (including phenoxy) is 1. The molecule has 0 saturated carbocycles. The molecule has 0 amide bonds. The van der Waals surface area contributed by atoms with Crippen molar-refractivity contribution in [3.05, 3.63) is 60.6 Å². The maximum absolute atomic E-state index is 6.00. The molecule has 1 aliphatic rings. The molecule has 1 N–H and O–H groups in total. The van der Waals surface area contributed by atoms with Crippen molar-refractivity contribution >= 4 is 23.4 Å². The van der Waals surface area contributed by atoms with E-state index < -0.39 is 0 Å². The van der Waals surface area contributed by atoms with Crippen LogP contribution >= 0.6 is 11.8 Å². The highest BCUT2D eigenvalue weighted by atomic mass is 32.2. The first-order chi connectivity index (χ1) is 17.6. The van der Waals surface area contributed by atoms with Gasteiger partial charge in [0.1, 0.15) is 23.7 Å². The number of hydrogen-bond donors (Lipinski definition) is 1. The Morgan fingerprint density at radius 3 is 2.53 bits per heavy atom. The lowest BCUT2D eigenvalue weighted by molar-refractivity contribution is 0.312. The van der Waals surface area contributed by atoms with Crippen LogP contribution in [0, 0.1) is 0 Å². The van der Waals surface area contributed by atoms with Crippen molar-refractivity contribution in [3.63, 3.8) is 0 Å². The van der Waals surface area contributed by atoms with Gasteiger partial charge in [-0.05, 0) is 44.8 Å². The van der Waals surface area contributed by atoms with Crippen LogP contribution in [0.3, 0.4) is 0 Å². The van der Waals surface area contributed by atoms with Gasteiger partial charge in [-0.3, -0.25) is 0 Å². The molecule has 0 aliphatic carbocycles. The number of benzene rings is 1. The van der Waals surface area contributed by atoms with E-state index in [1.807, 2.05) is 37.0 Å². The monoisotopic (exact) mass is 506 g/mol. The minimum atomic E-state index is -0.0813. The van der Waals surface area contributed by atoms with Gasteiger partial charge < -0.3 is 19.9 Å². The molecule has 0 spiro atoms. The Kier molecular flexibility index (Phi) is 9.04. The smallest absolute Gasteiger partial charge is 0.129 e. The summed E-state index contributed by atoms with van der Waals surface area (Å²) in [5.74, 6) is 3.79. The van der Waals surface area contributed by atoms with Crippen molar-refractivity contribution in [2.24, 2.45) is 0 Å². The molecule has 1 fully saturated rings. The molecule has 1 atom stereocenters. The van der Waals surface area contributed by atoms with E-state index in [1.54, 1.807) is 6.33 Å². The number of para-hydroxylation sites is 1. The molecule has 36 heavy (non-hydrogen) atoms. The SMILES string of the molecule is CCOc1ccccc1C(CC)(CNc1cc(-c2ccc(N3CCN(C)CC3)nc2)ncn1)CSC. The van der Waals surface area contributed by atoms with Crippen LogP contribution in [0.2, 0.25) is 0 Å². The van der Waals surface area contributed by atoms with Crippen molar-refractivity contribution in [3.8, 4) is 17.0 Å². The van der Waals surface area contributed by atoms with E-state index in [-0.39, 0.29) is 5.41 Å². The Balaban J connectivity index is 1.50. The highest BCUT2D eigenvalue weighted by molar-refractivity contribution is 7.98. The molecule has 1 aromatic carbocycles. The fraction of sp³-hybridized carbons (Fsp3) is 0.464. The second-order valence-corrected chi connectivity index (χ2v) is 10.2. The number of pyridine rings is 1. The standard InChI is InChI=1S/C28H38N6OS/c1-5-28(20-36-4,23-9-7-8-10-25(23)35-6-2)19-30-26-17-24(31-21-32-26)22-11-12-27(29-18-22)34-15-13-33(3)14-16-34/h7-12,17-18,21H,5-6,13-16,19-20H2,1-4H3,(H,30,31,32). The van der Waals surface area contributed by atoms with Crippen LogP contribution in [0.4, 0.5) is 11.6 Å². The minimum Gasteiger partial charge on any atom is -0.494 e. The van der Waals surface area contributed by atoms with E-state index in [1.165, 1.54) is 5.56 Å². The Morgan fingerprint density at radius 1 is 1.03 bits per heavy atom. The summed E-state index contributed by atoms with van der Waals surface area (Å²) in [5, 5.41) is 3.61. The van der Waals surface area contributed by atoms with Gasteiger partial charge in [-0.25, -0.2) is 15.0 Å². The average molecular weight is 507 g/mol. The fourth-order valence-electron chi connectivity index (χ4n) is 4.74. The zero-order valence-corrected chi connectivity index (χ0v) is 22.7. The van der Waals surface area contributed by atoms with Gasteiger partial charge in [0.15, 0.2) is 0 Å². The molecular weight excluding hydrogens is 468 g/mol. The zero-order valence-electron chi connectivity index (χ0n) is 21.9. The van der Waals surface area contributed by atoms with Gasteiger partial charge in [0, 0.05) is 67.3 Å². The predicted molar refractivity (Wildman–Crippen MR) is 151 cm³/mol. The lowest BCUT2D eigenvalue weighted by atomic mass is 9.79. The molecule has 2 aromatic heterocycles. The molecule has 1 aliphatic heterocycles. The van der Waals surface area contributed by atoms with Gasteiger partial charge in [-0.2, -0.15) is 11.8 Å². The highest BCUT2D eigenvalue weighted by Gasteiger charge is 2.33. The number of nitrogens with zero attached hydrogens (tertiary/aromatic N) is 5. The van der Waals surface area contributed by atoms with Crippen LogP contribution in [0.5, 0.6) is 5.75 Å². The van der Waals surface area contributed by atoms with Crippen LogP contribution in [0.25, 0.3) is 11.3 Å². The Bertz CT molecular complexity index is 1100. The van der Waals surface area contributed by atoms with Crippen LogP contribution in [-0.4, -0.2) is 78.2 Å². The first-order valence-corrected chi connectivity index (χ1v) is 14.1. The summed E-state index contributed by atoms with van der Waals surface area (Å²) in [7, 11) is 2.16. The molecule has 1 unspecified atom stereocenters. The van der Waals surface area contributed by atoms with Crippen LogP contribution in [-0.2, 0) is 5.41 Å². The first kappa shape index (κ1) is 26.2. The summed E-state index contributed by atoms with van der Waals surface area (Å²) in [6, 6.07) is 14.6. The Morgan fingerprint density at radius 2 is 1.83 bits per heavy atom. The number of aromatic nitrogens is 3. The molecule has 0 bridgehead atoms. The second-order valence-electron chi connectivity index (χ2n) is 9.33. The van der Waals surface area contributed by atoms with E-state index in [0.717, 1.165) is 73.5 Å². The fourth-order valence-corrected chi connectivity index (χ4v) is 5.75. The summed E-state index contributed by atoms with van der Waals surface area (Å²) in [4.78, 5) is 18.5. The second kappa shape index (κ2) is 12.4. The maximum Gasteiger partial charge on any atom is 0.129 e. The average Bonchev–Trinajstić information content (AvgIpc) is 2.92. The molecule has 3 aromatic rings. The van der Waals surface area contributed by atoms with E-state index in [9.17, 15) is 0 Å². The topological polar surface area (TPSA) is 66.4 Å². The van der Waals surface area contributed by atoms with Gasteiger partial charge >= 0.3 is 0 Å². The van der Waals surface area contributed by atoms with Gasteiger partial charge in [0.2, 0.25) is 0 Å². The van der Waals surface area contributed by atoms with Crippen molar-refractivity contribution < 1.29 is 4.74 Å². The van der Waals surface area contributed by atoms with Gasteiger partial charge in [-0.15, -0.1) is 0 Å². The lowest BCUT2D eigenvalue weighted by Gasteiger charge is -2.34. The predicted octanol–water partition coefficient (Wildman–Crippen LogP) is 4.81. The van der Waals surface area contributed by atoms with Crippen LogP contribution in [0.1, 0.15) is 25.8 Å². The third kappa shape index (κ3) is 6.10. The highest BCUT2D eigenvalue weighted by Crippen LogP contribution is 2.37. The van der Waals surface area contributed by atoms with Crippen molar-refractivity contribution in [1.29, 1.82) is 0 Å². The molecule has 3 heterocycles. The number of likely N-dealkylation sites (N-methyl/N-ethyl adjacent to an activating group) is 1. The van der Waals surface area contributed by atoms with E-state index in [2.05, 4.69) is 75.6 Å². The third-order valence-corrected chi connectivity index (χ3v) is 7.84. The quantitative estimate of drug-likeness (QED) is 0.397. The van der Waals surface area contributed by atoms with E-state index in [0.29, 0.717) is 6.61 Å².